The third-order valence-corrected chi connectivity index (χ3v) is 5.27. The summed E-state index contributed by atoms with van der Waals surface area (Å²) in [4.78, 5) is 17.4. The lowest BCUT2D eigenvalue weighted by molar-refractivity contribution is 0.0700. The molecule has 1 saturated carbocycles. The van der Waals surface area contributed by atoms with Gasteiger partial charge in [-0.25, -0.2) is 9.78 Å². The van der Waals surface area contributed by atoms with Gasteiger partial charge in [-0.15, -0.1) is 0 Å². The Bertz CT molecular complexity index is 886. The van der Waals surface area contributed by atoms with E-state index in [4.69, 9.17) is 4.98 Å². The van der Waals surface area contributed by atoms with Crippen molar-refractivity contribution in [1.29, 1.82) is 0 Å². The van der Waals surface area contributed by atoms with Crippen molar-refractivity contribution < 1.29 is 9.90 Å². The first-order valence-corrected chi connectivity index (χ1v) is 8.20. The Morgan fingerprint density at radius 1 is 1.27 bits per heavy atom. The molecule has 0 amide bonds. The van der Waals surface area contributed by atoms with E-state index in [2.05, 4.69) is 35.6 Å². The fourth-order valence-electron chi connectivity index (χ4n) is 2.94. The summed E-state index contributed by atoms with van der Waals surface area (Å²) in [5, 5.41) is 9.44. The molecule has 0 radical (unpaired) electrons. The van der Waals surface area contributed by atoms with E-state index in [1.54, 1.807) is 0 Å². The first kappa shape index (κ1) is 13.5. The van der Waals surface area contributed by atoms with Gasteiger partial charge >= 0.3 is 5.97 Å². The number of fused-ring (bicyclic) bond motifs is 1. The van der Waals surface area contributed by atoms with Gasteiger partial charge in [-0.2, -0.15) is 0 Å². The Morgan fingerprint density at radius 2 is 1.95 bits per heavy atom. The molecule has 1 aliphatic rings. The molecule has 1 aromatic carbocycles. The maximum absolute atomic E-state index is 11.5. The predicted molar refractivity (Wildman–Crippen MR) is 86.9 cm³/mol. The number of carboxylic acid groups (broad SMARTS) is 1. The van der Waals surface area contributed by atoms with Crippen LogP contribution in [-0.2, 0) is 0 Å². The Kier molecular flexibility index (Phi) is 2.87. The molecule has 0 saturated heterocycles. The molecule has 0 atom stereocenters. The molecule has 1 aliphatic carbocycles. The number of benzene rings is 1. The monoisotopic (exact) mass is 312 g/mol. The summed E-state index contributed by atoms with van der Waals surface area (Å²) in [6.45, 7) is 4.09. The lowest BCUT2D eigenvalue weighted by Crippen LogP contribution is -2.01. The smallest absolute Gasteiger partial charge is 0.347 e. The van der Waals surface area contributed by atoms with Crippen molar-refractivity contribution in [3.05, 3.63) is 46.1 Å². The molecular formula is C17H16N2O2S. The number of aromatic nitrogens is 2. The topological polar surface area (TPSA) is 54.6 Å². The van der Waals surface area contributed by atoms with Crippen LogP contribution in [0, 0.1) is 13.8 Å². The summed E-state index contributed by atoms with van der Waals surface area (Å²) in [5.74, 6) is -0.465. The molecule has 112 valence electrons. The maximum Gasteiger partial charge on any atom is 0.347 e. The maximum atomic E-state index is 11.5. The summed E-state index contributed by atoms with van der Waals surface area (Å²) in [5.41, 5.74) is 5.22. The van der Waals surface area contributed by atoms with Gasteiger partial charge in [0.25, 0.3) is 0 Å². The van der Waals surface area contributed by atoms with Crippen molar-refractivity contribution in [3.8, 4) is 11.3 Å². The van der Waals surface area contributed by atoms with Gasteiger partial charge in [-0.1, -0.05) is 41.2 Å². The molecule has 22 heavy (non-hydrogen) atoms. The predicted octanol–water partition coefficient (Wildman–Crippen LogP) is 4.26. The fraction of sp³-hybridized carbons (Fsp3) is 0.294. The third-order valence-electron chi connectivity index (χ3n) is 4.23. The number of carboxylic acids is 1. The SMILES string of the molecule is Cc1ccc(-c2nc3sc(C(=O)O)c(C4CC4)n3c2C)cc1. The van der Waals surface area contributed by atoms with Crippen LogP contribution in [0.1, 0.15) is 45.4 Å². The summed E-state index contributed by atoms with van der Waals surface area (Å²) in [6.07, 6.45) is 2.15. The van der Waals surface area contributed by atoms with E-state index in [-0.39, 0.29) is 0 Å². The van der Waals surface area contributed by atoms with Crippen molar-refractivity contribution in [2.45, 2.75) is 32.6 Å². The van der Waals surface area contributed by atoms with Crippen LogP contribution in [0.5, 0.6) is 0 Å². The largest absolute Gasteiger partial charge is 0.477 e. The minimum Gasteiger partial charge on any atom is -0.477 e. The van der Waals surface area contributed by atoms with Crippen LogP contribution in [0.3, 0.4) is 0 Å². The summed E-state index contributed by atoms with van der Waals surface area (Å²) in [6, 6.07) is 8.30. The van der Waals surface area contributed by atoms with Gasteiger partial charge in [0.1, 0.15) is 4.88 Å². The van der Waals surface area contributed by atoms with Crippen molar-refractivity contribution in [2.75, 3.05) is 0 Å². The van der Waals surface area contributed by atoms with Crippen molar-refractivity contribution in [3.63, 3.8) is 0 Å². The van der Waals surface area contributed by atoms with Crippen LogP contribution in [0.2, 0.25) is 0 Å². The zero-order chi connectivity index (χ0) is 15.4. The fourth-order valence-corrected chi connectivity index (χ4v) is 4.03. The molecule has 0 bridgehead atoms. The van der Waals surface area contributed by atoms with Gasteiger partial charge in [0.15, 0.2) is 4.96 Å². The second-order valence-corrected chi connectivity index (χ2v) is 6.90. The number of hydrogen-bond donors (Lipinski definition) is 1. The van der Waals surface area contributed by atoms with Gasteiger partial charge in [-0.05, 0) is 26.7 Å². The second kappa shape index (κ2) is 4.68. The zero-order valence-electron chi connectivity index (χ0n) is 12.5. The van der Waals surface area contributed by atoms with Crippen LogP contribution < -0.4 is 0 Å². The lowest BCUT2D eigenvalue weighted by Gasteiger charge is -2.04. The van der Waals surface area contributed by atoms with Gasteiger partial charge in [0, 0.05) is 17.2 Å². The van der Waals surface area contributed by atoms with Crippen LogP contribution in [-0.4, -0.2) is 20.5 Å². The van der Waals surface area contributed by atoms with E-state index in [0.29, 0.717) is 10.8 Å². The standard InChI is InChI=1S/C17H16N2O2S/c1-9-3-5-11(6-4-9)13-10(2)19-14(12-7-8-12)15(16(20)21)22-17(19)18-13/h3-6,12H,7-8H2,1-2H3,(H,20,21). The number of rotatable bonds is 3. The highest BCUT2D eigenvalue weighted by Gasteiger charge is 2.34. The molecule has 0 aliphatic heterocycles. The van der Waals surface area contributed by atoms with Crippen LogP contribution >= 0.6 is 11.3 Å². The van der Waals surface area contributed by atoms with Crippen molar-refractivity contribution >= 4 is 22.3 Å². The number of thiazole rings is 1. The van der Waals surface area contributed by atoms with E-state index in [1.165, 1.54) is 16.9 Å². The molecule has 4 nitrogen and oxygen atoms in total. The zero-order valence-corrected chi connectivity index (χ0v) is 13.3. The Labute approximate surface area is 132 Å². The Morgan fingerprint density at radius 3 is 2.55 bits per heavy atom. The molecule has 1 fully saturated rings. The average Bonchev–Trinajstić information content (AvgIpc) is 3.17. The van der Waals surface area contributed by atoms with Gasteiger partial charge < -0.3 is 5.11 Å². The van der Waals surface area contributed by atoms with Crippen LogP contribution in [0.4, 0.5) is 0 Å². The van der Waals surface area contributed by atoms with E-state index >= 15 is 0 Å². The molecule has 0 unspecified atom stereocenters. The normalized spacial score (nSPS) is 14.6. The Balaban J connectivity index is 1.94. The number of carbonyl (C=O) groups is 1. The first-order valence-electron chi connectivity index (χ1n) is 7.38. The quantitative estimate of drug-likeness (QED) is 0.786. The molecule has 2 heterocycles. The number of hydrogen-bond acceptors (Lipinski definition) is 3. The highest BCUT2D eigenvalue weighted by molar-refractivity contribution is 7.19. The molecule has 3 aromatic rings. The number of aromatic carboxylic acids is 1. The summed E-state index contributed by atoms with van der Waals surface area (Å²) in [7, 11) is 0. The van der Waals surface area contributed by atoms with E-state index in [9.17, 15) is 9.90 Å². The highest BCUT2D eigenvalue weighted by atomic mass is 32.1. The van der Waals surface area contributed by atoms with Crippen LogP contribution in [0.25, 0.3) is 16.2 Å². The van der Waals surface area contributed by atoms with Crippen LogP contribution in [0.15, 0.2) is 24.3 Å². The minimum atomic E-state index is -0.839. The molecular weight excluding hydrogens is 296 g/mol. The van der Waals surface area contributed by atoms with E-state index < -0.39 is 5.97 Å². The van der Waals surface area contributed by atoms with E-state index in [0.717, 1.165) is 40.4 Å². The molecule has 5 heteroatoms. The minimum absolute atomic E-state index is 0.374. The highest BCUT2D eigenvalue weighted by Crippen LogP contribution is 2.45. The van der Waals surface area contributed by atoms with Gasteiger partial charge in [-0.3, -0.25) is 4.40 Å². The number of aryl methyl sites for hydroxylation is 2. The lowest BCUT2D eigenvalue weighted by atomic mass is 10.1. The summed E-state index contributed by atoms with van der Waals surface area (Å²) >= 11 is 1.29. The van der Waals surface area contributed by atoms with Crippen molar-refractivity contribution in [1.82, 2.24) is 9.38 Å². The molecule has 1 N–H and O–H groups in total. The molecule has 0 spiro atoms. The molecule has 4 rings (SSSR count). The third kappa shape index (κ3) is 1.96. The van der Waals surface area contributed by atoms with Gasteiger partial charge in [0.05, 0.1) is 11.4 Å². The van der Waals surface area contributed by atoms with E-state index in [1.807, 2.05) is 6.92 Å². The summed E-state index contributed by atoms with van der Waals surface area (Å²) < 4.78 is 2.06. The average molecular weight is 312 g/mol. The first-order chi connectivity index (χ1) is 10.6. The number of nitrogens with zero attached hydrogens (tertiary/aromatic N) is 2. The second-order valence-electron chi connectivity index (χ2n) is 5.93. The number of imidazole rings is 1. The van der Waals surface area contributed by atoms with Crippen molar-refractivity contribution in [2.24, 2.45) is 0 Å². The molecule has 2 aromatic heterocycles. The van der Waals surface area contributed by atoms with Gasteiger partial charge in [0.2, 0.25) is 0 Å². The Hall–Kier alpha value is -2.14.